The number of hydrogen-bond acceptors (Lipinski definition) is 3. The van der Waals surface area contributed by atoms with Crippen molar-refractivity contribution in [3.8, 4) is 5.88 Å². The fraction of sp³-hybridized carbons (Fsp3) is 0.700. The predicted molar refractivity (Wildman–Crippen MR) is 62.6 cm³/mol. The number of nitrogens with zero attached hydrogens (tertiary/aromatic N) is 1. The minimum absolute atomic E-state index is 0.689. The second-order valence-electron chi connectivity index (χ2n) is 3.73. The smallest absolute Gasteiger partial charge is 0.225 e. The zero-order valence-electron chi connectivity index (χ0n) is 8.20. The fourth-order valence-electron chi connectivity index (χ4n) is 1.95. The van der Waals surface area contributed by atoms with E-state index < -0.39 is 0 Å². The Bertz CT molecular complexity index is 302. The van der Waals surface area contributed by atoms with Crippen LogP contribution < -0.4 is 4.74 Å². The van der Waals surface area contributed by atoms with Crippen molar-refractivity contribution in [2.45, 2.75) is 36.4 Å². The summed E-state index contributed by atoms with van der Waals surface area (Å²) in [7, 11) is 1.67. The molecule has 2 nitrogen and oxygen atoms in total. The standard InChI is InChI=1S/C10H14BrNOS/c1-13-10-6-9(14-12-10)7-3-2-4-8(11)5-7/h6-8H,2-5H2,1H3. The molecule has 2 rings (SSSR count). The normalized spacial score (nSPS) is 27.6. The second-order valence-corrected chi connectivity index (χ2v) is 5.86. The Morgan fingerprint density at radius 2 is 2.43 bits per heavy atom. The van der Waals surface area contributed by atoms with Crippen LogP contribution in [0, 0.1) is 0 Å². The van der Waals surface area contributed by atoms with E-state index in [1.165, 1.54) is 30.6 Å². The minimum Gasteiger partial charge on any atom is -0.480 e. The largest absolute Gasteiger partial charge is 0.480 e. The van der Waals surface area contributed by atoms with Crippen molar-refractivity contribution in [1.82, 2.24) is 4.37 Å². The van der Waals surface area contributed by atoms with Gasteiger partial charge in [-0.15, -0.1) is 0 Å². The van der Waals surface area contributed by atoms with Crippen LogP contribution in [0.25, 0.3) is 0 Å². The van der Waals surface area contributed by atoms with E-state index in [0.717, 1.165) is 5.88 Å². The average Bonchev–Trinajstić information content (AvgIpc) is 2.66. The molecule has 0 aromatic carbocycles. The molecule has 1 aromatic rings. The molecule has 78 valence electrons. The zero-order valence-corrected chi connectivity index (χ0v) is 10.6. The molecule has 0 N–H and O–H groups in total. The van der Waals surface area contributed by atoms with E-state index in [1.54, 1.807) is 18.6 Å². The molecule has 1 aliphatic carbocycles. The Morgan fingerprint density at radius 1 is 1.57 bits per heavy atom. The summed E-state index contributed by atoms with van der Waals surface area (Å²) in [5.74, 6) is 1.45. The Kier molecular flexibility index (Phi) is 3.44. The third-order valence-corrected chi connectivity index (χ3v) is 4.49. The van der Waals surface area contributed by atoms with Gasteiger partial charge in [-0.2, -0.15) is 4.37 Å². The molecule has 0 saturated heterocycles. The molecule has 1 fully saturated rings. The summed E-state index contributed by atoms with van der Waals surface area (Å²) in [5.41, 5.74) is 0. The molecular formula is C10H14BrNOS. The van der Waals surface area contributed by atoms with Crippen LogP contribution in [-0.2, 0) is 0 Å². The van der Waals surface area contributed by atoms with E-state index in [0.29, 0.717) is 10.7 Å². The Labute approximate surface area is 97.0 Å². The van der Waals surface area contributed by atoms with Crippen molar-refractivity contribution >= 4 is 27.5 Å². The first kappa shape index (κ1) is 10.4. The number of halogens is 1. The summed E-state index contributed by atoms with van der Waals surface area (Å²) in [6.45, 7) is 0. The van der Waals surface area contributed by atoms with Crippen LogP contribution >= 0.6 is 27.5 Å². The molecule has 1 aliphatic rings. The van der Waals surface area contributed by atoms with Crippen molar-refractivity contribution in [2.24, 2.45) is 0 Å². The monoisotopic (exact) mass is 275 g/mol. The van der Waals surface area contributed by atoms with Crippen molar-refractivity contribution in [3.63, 3.8) is 0 Å². The highest BCUT2D eigenvalue weighted by molar-refractivity contribution is 9.09. The molecule has 1 aromatic heterocycles. The first-order valence-corrected chi connectivity index (χ1v) is 6.63. The summed E-state index contributed by atoms with van der Waals surface area (Å²) < 4.78 is 9.34. The Morgan fingerprint density at radius 3 is 3.07 bits per heavy atom. The van der Waals surface area contributed by atoms with Gasteiger partial charge in [-0.25, -0.2) is 0 Å². The van der Waals surface area contributed by atoms with Gasteiger partial charge in [-0.05, 0) is 36.7 Å². The summed E-state index contributed by atoms with van der Waals surface area (Å²) in [6, 6.07) is 2.08. The van der Waals surface area contributed by atoms with Crippen LogP contribution in [0.2, 0.25) is 0 Å². The van der Waals surface area contributed by atoms with Crippen LogP contribution in [0.5, 0.6) is 5.88 Å². The van der Waals surface area contributed by atoms with Gasteiger partial charge in [-0.3, -0.25) is 0 Å². The Hall–Kier alpha value is -0.0900. The van der Waals surface area contributed by atoms with Crippen molar-refractivity contribution in [2.75, 3.05) is 7.11 Å². The van der Waals surface area contributed by atoms with E-state index in [9.17, 15) is 0 Å². The van der Waals surface area contributed by atoms with E-state index in [1.807, 2.05) is 0 Å². The van der Waals surface area contributed by atoms with E-state index in [2.05, 4.69) is 26.4 Å². The maximum atomic E-state index is 5.10. The lowest BCUT2D eigenvalue weighted by atomic mass is 9.88. The van der Waals surface area contributed by atoms with Gasteiger partial charge in [0.2, 0.25) is 5.88 Å². The molecule has 1 saturated carbocycles. The van der Waals surface area contributed by atoms with Crippen molar-refractivity contribution < 1.29 is 4.74 Å². The maximum Gasteiger partial charge on any atom is 0.225 e. The Balaban J connectivity index is 2.06. The van der Waals surface area contributed by atoms with Gasteiger partial charge in [0.05, 0.1) is 7.11 Å². The number of rotatable bonds is 2. The van der Waals surface area contributed by atoms with Crippen molar-refractivity contribution in [1.29, 1.82) is 0 Å². The van der Waals surface area contributed by atoms with Crippen LogP contribution in [0.3, 0.4) is 0 Å². The van der Waals surface area contributed by atoms with E-state index in [-0.39, 0.29) is 0 Å². The molecule has 4 heteroatoms. The van der Waals surface area contributed by atoms with Gasteiger partial charge < -0.3 is 4.74 Å². The molecule has 0 amide bonds. The predicted octanol–water partition coefficient (Wildman–Crippen LogP) is 3.57. The lowest BCUT2D eigenvalue weighted by Gasteiger charge is -2.24. The number of ether oxygens (including phenoxy) is 1. The topological polar surface area (TPSA) is 22.1 Å². The van der Waals surface area contributed by atoms with E-state index in [4.69, 9.17) is 4.74 Å². The second kappa shape index (κ2) is 4.62. The highest BCUT2D eigenvalue weighted by Gasteiger charge is 2.23. The fourth-order valence-corrected chi connectivity index (χ4v) is 3.56. The lowest BCUT2D eigenvalue weighted by molar-refractivity contribution is 0.401. The quantitative estimate of drug-likeness (QED) is 0.770. The molecule has 2 unspecified atom stereocenters. The minimum atomic E-state index is 0.689. The van der Waals surface area contributed by atoms with Crippen LogP contribution in [0.4, 0.5) is 0 Å². The molecule has 14 heavy (non-hydrogen) atoms. The van der Waals surface area contributed by atoms with E-state index >= 15 is 0 Å². The van der Waals surface area contributed by atoms with Gasteiger partial charge >= 0.3 is 0 Å². The molecule has 0 aliphatic heterocycles. The lowest BCUT2D eigenvalue weighted by Crippen LogP contribution is -2.12. The molecule has 0 spiro atoms. The number of aromatic nitrogens is 1. The molecule has 0 radical (unpaired) electrons. The highest BCUT2D eigenvalue weighted by Crippen LogP contribution is 2.38. The summed E-state index contributed by atoms with van der Waals surface area (Å²) in [5, 5.41) is 0. The third-order valence-electron chi connectivity index (χ3n) is 2.73. The molecule has 0 bridgehead atoms. The SMILES string of the molecule is COc1cc(C2CCCC(Br)C2)sn1. The first-order valence-electron chi connectivity index (χ1n) is 4.94. The molecule has 1 heterocycles. The van der Waals surface area contributed by atoms with Gasteiger partial charge in [0.1, 0.15) is 0 Å². The van der Waals surface area contributed by atoms with Gasteiger partial charge in [-0.1, -0.05) is 22.4 Å². The van der Waals surface area contributed by atoms with Gasteiger partial charge in [0.25, 0.3) is 0 Å². The van der Waals surface area contributed by atoms with Crippen LogP contribution in [0.15, 0.2) is 6.07 Å². The molecular weight excluding hydrogens is 262 g/mol. The zero-order chi connectivity index (χ0) is 9.97. The first-order chi connectivity index (χ1) is 6.79. The summed E-state index contributed by atoms with van der Waals surface area (Å²) in [4.78, 5) is 2.07. The van der Waals surface area contributed by atoms with Crippen LogP contribution in [0.1, 0.15) is 36.5 Å². The average molecular weight is 276 g/mol. The molecule has 2 atom stereocenters. The van der Waals surface area contributed by atoms with Crippen LogP contribution in [-0.4, -0.2) is 16.3 Å². The third kappa shape index (κ3) is 2.28. The summed E-state index contributed by atoms with van der Waals surface area (Å²) >= 11 is 5.29. The number of hydrogen-bond donors (Lipinski definition) is 0. The summed E-state index contributed by atoms with van der Waals surface area (Å²) in [6.07, 6.45) is 5.17. The number of alkyl halides is 1. The van der Waals surface area contributed by atoms with Gasteiger partial charge in [0, 0.05) is 15.8 Å². The number of methoxy groups -OCH3 is 1. The van der Waals surface area contributed by atoms with Crippen molar-refractivity contribution in [3.05, 3.63) is 10.9 Å². The van der Waals surface area contributed by atoms with Gasteiger partial charge in [0.15, 0.2) is 0 Å². The highest BCUT2D eigenvalue weighted by atomic mass is 79.9. The maximum absolute atomic E-state index is 5.10.